The average molecular weight is 447 g/mol. The molecule has 3 rings (SSSR count). The summed E-state index contributed by atoms with van der Waals surface area (Å²) in [6, 6.07) is 13.4. The molecule has 1 saturated carbocycles. The number of amides is 1. The fraction of sp³-hybridized carbons (Fsp3) is 0.435. The van der Waals surface area contributed by atoms with Crippen molar-refractivity contribution in [3.05, 3.63) is 48.5 Å². The summed E-state index contributed by atoms with van der Waals surface area (Å²) in [6.07, 6.45) is 5.09. The van der Waals surface area contributed by atoms with E-state index in [1.54, 1.807) is 37.4 Å². The van der Waals surface area contributed by atoms with Gasteiger partial charge in [0.05, 0.1) is 11.5 Å². The van der Waals surface area contributed by atoms with Gasteiger partial charge in [-0.2, -0.15) is 4.31 Å². The van der Waals surface area contributed by atoms with Crippen LogP contribution in [0.15, 0.2) is 53.4 Å². The van der Waals surface area contributed by atoms with Crippen molar-refractivity contribution in [3.8, 4) is 11.5 Å². The van der Waals surface area contributed by atoms with Crippen LogP contribution >= 0.6 is 0 Å². The molecule has 0 atom stereocenters. The molecular weight excluding hydrogens is 416 g/mol. The monoisotopic (exact) mass is 446 g/mol. The number of ether oxygens (including phenoxy) is 2. The number of sulfonamides is 1. The molecule has 168 valence electrons. The Morgan fingerprint density at radius 3 is 2.23 bits per heavy atom. The number of carbonyl (C=O) groups is 1. The van der Waals surface area contributed by atoms with E-state index in [4.69, 9.17) is 9.47 Å². The van der Waals surface area contributed by atoms with Gasteiger partial charge in [-0.1, -0.05) is 31.4 Å². The fourth-order valence-corrected chi connectivity index (χ4v) is 5.12. The Balaban J connectivity index is 1.58. The van der Waals surface area contributed by atoms with Crippen LogP contribution in [-0.4, -0.2) is 44.9 Å². The first-order valence-electron chi connectivity index (χ1n) is 10.6. The van der Waals surface area contributed by atoms with Crippen molar-refractivity contribution in [2.45, 2.75) is 50.0 Å². The van der Waals surface area contributed by atoms with Gasteiger partial charge >= 0.3 is 0 Å². The van der Waals surface area contributed by atoms with Crippen molar-refractivity contribution in [2.75, 3.05) is 25.6 Å². The molecule has 7 nitrogen and oxygen atoms in total. The van der Waals surface area contributed by atoms with Gasteiger partial charge in [-0.25, -0.2) is 8.42 Å². The first kappa shape index (κ1) is 23.1. The molecule has 0 saturated heterocycles. The van der Waals surface area contributed by atoms with Crippen molar-refractivity contribution >= 4 is 21.6 Å². The van der Waals surface area contributed by atoms with Gasteiger partial charge < -0.3 is 14.8 Å². The first-order valence-corrected chi connectivity index (χ1v) is 12.1. The normalized spacial score (nSPS) is 14.9. The molecule has 31 heavy (non-hydrogen) atoms. The third-order valence-corrected chi connectivity index (χ3v) is 7.34. The largest absolute Gasteiger partial charge is 0.490 e. The maximum Gasteiger partial charge on any atom is 0.262 e. The summed E-state index contributed by atoms with van der Waals surface area (Å²) in [4.78, 5) is 12.5. The van der Waals surface area contributed by atoms with Crippen molar-refractivity contribution in [1.29, 1.82) is 0 Å². The first-order chi connectivity index (χ1) is 14.9. The van der Waals surface area contributed by atoms with E-state index in [9.17, 15) is 13.2 Å². The SMILES string of the molecule is CCOc1ccccc1OCC(=O)Nc1ccc(S(=O)(=O)N(C)C2CCCCC2)cc1. The number of anilines is 1. The molecule has 1 N–H and O–H groups in total. The lowest BCUT2D eigenvalue weighted by Gasteiger charge is -2.30. The average Bonchev–Trinajstić information content (AvgIpc) is 2.79. The van der Waals surface area contributed by atoms with Crippen molar-refractivity contribution in [3.63, 3.8) is 0 Å². The fourth-order valence-electron chi connectivity index (χ4n) is 3.70. The van der Waals surface area contributed by atoms with Crippen LogP contribution in [0, 0.1) is 0 Å². The van der Waals surface area contributed by atoms with E-state index in [0.717, 1.165) is 25.7 Å². The highest BCUT2D eigenvalue weighted by molar-refractivity contribution is 7.89. The van der Waals surface area contributed by atoms with Gasteiger partial charge in [0.1, 0.15) is 0 Å². The van der Waals surface area contributed by atoms with Crippen molar-refractivity contribution < 1.29 is 22.7 Å². The van der Waals surface area contributed by atoms with Crippen LogP contribution in [0.1, 0.15) is 39.0 Å². The van der Waals surface area contributed by atoms with Gasteiger partial charge in [-0.15, -0.1) is 0 Å². The molecule has 1 aliphatic carbocycles. The number of hydrogen-bond donors (Lipinski definition) is 1. The molecule has 0 radical (unpaired) electrons. The molecule has 1 amide bonds. The van der Waals surface area contributed by atoms with Crippen LogP contribution in [0.25, 0.3) is 0 Å². The zero-order valence-electron chi connectivity index (χ0n) is 18.0. The van der Waals surface area contributed by atoms with Crippen LogP contribution in [-0.2, 0) is 14.8 Å². The predicted molar refractivity (Wildman–Crippen MR) is 120 cm³/mol. The second-order valence-electron chi connectivity index (χ2n) is 7.55. The second-order valence-corrected chi connectivity index (χ2v) is 9.55. The minimum atomic E-state index is -3.56. The Morgan fingerprint density at radius 2 is 1.61 bits per heavy atom. The minimum absolute atomic E-state index is 0.0508. The Labute approximate surface area is 184 Å². The minimum Gasteiger partial charge on any atom is -0.490 e. The quantitative estimate of drug-likeness (QED) is 0.628. The lowest BCUT2D eigenvalue weighted by molar-refractivity contribution is -0.118. The molecule has 0 aliphatic heterocycles. The zero-order valence-corrected chi connectivity index (χ0v) is 18.9. The van der Waals surface area contributed by atoms with Crippen LogP contribution < -0.4 is 14.8 Å². The number of rotatable bonds is 9. The summed E-state index contributed by atoms with van der Waals surface area (Å²) in [5.41, 5.74) is 0.506. The topological polar surface area (TPSA) is 84.9 Å². The van der Waals surface area contributed by atoms with Crippen LogP contribution in [0.3, 0.4) is 0 Å². The Morgan fingerprint density at radius 1 is 1.00 bits per heavy atom. The summed E-state index contributed by atoms with van der Waals surface area (Å²) in [5.74, 6) is 0.724. The number of nitrogens with zero attached hydrogens (tertiary/aromatic N) is 1. The molecule has 8 heteroatoms. The maximum atomic E-state index is 12.9. The Kier molecular flexibility index (Phi) is 7.92. The van der Waals surface area contributed by atoms with E-state index in [0.29, 0.717) is 23.8 Å². The molecular formula is C23H30N2O5S. The number of para-hydroxylation sites is 2. The van der Waals surface area contributed by atoms with Crippen molar-refractivity contribution in [1.82, 2.24) is 4.31 Å². The van der Waals surface area contributed by atoms with E-state index in [1.165, 1.54) is 22.9 Å². The standard InChI is InChI=1S/C23H30N2O5S/c1-3-29-21-11-7-8-12-22(21)30-17-23(26)24-18-13-15-20(16-14-18)31(27,28)25(2)19-9-5-4-6-10-19/h7-8,11-16,19H,3-6,9-10,17H2,1-2H3,(H,24,26). The molecule has 0 bridgehead atoms. The molecule has 0 unspecified atom stereocenters. The van der Waals surface area contributed by atoms with Crippen molar-refractivity contribution in [2.24, 2.45) is 0 Å². The summed E-state index contributed by atoms with van der Waals surface area (Å²) < 4.78 is 38.4. The van der Waals surface area contributed by atoms with E-state index in [1.807, 2.05) is 13.0 Å². The highest BCUT2D eigenvalue weighted by Gasteiger charge is 2.28. The molecule has 2 aromatic carbocycles. The summed E-state index contributed by atoms with van der Waals surface area (Å²) in [6.45, 7) is 2.19. The number of nitrogens with one attached hydrogen (secondary N) is 1. The third-order valence-electron chi connectivity index (χ3n) is 5.41. The van der Waals surface area contributed by atoms with Gasteiger partial charge in [-0.3, -0.25) is 4.79 Å². The molecule has 1 fully saturated rings. The Bertz CT molecular complexity index is 970. The summed E-state index contributed by atoms with van der Waals surface area (Å²) in [7, 11) is -1.91. The van der Waals surface area contributed by atoms with Gasteiger partial charge in [0.15, 0.2) is 18.1 Å². The van der Waals surface area contributed by atoms with Crippen LogP contribution in [0.4, 0.5) is 5.69 Å². The second kappa shape index (κ2) is 10.6. The van der Waals surface area contributed by atoms with E-state index in [-0.39, 0.29) is 23.5 Å². The molecule has 0 heterocycles. The van der Waals surface area contributed by atoms with Gasteiger partial charge in [0.2, 0.25) is 10.0 Å². The van der Waals surface area contributed by atoms with Crippen LogP contribution in [0.2, 0.25) is 0 Å². The number of carbonyl (C=O) groups excluding carboxylic acids is 1. The smallest absolute Gasteiger partial charge is 0.262 e. The lowest BCUT2D eigenvalue weighted by atomic mass is 9.96. The predicted octanol–water partition coefficient (Wildman–Crippen LogP) is 4.06. The van der Waals surface area contributed by atoms with Crippen LogP contribution in [0.5, 0.6) is 11.5 Å². The summed E-state index contributed by atoms with van der Waals surface area (Å²) in [5, 5.41) is 2.72. The number of benzene rings is 2. The van der Waals surface area contributed by atoms with E-state index in [2.05, 4.69) is 5.32 Å². The van der Waals surface area contributed by atoms with E-state index < -0.39 is 10.0 Å². The Hall–Kier alpha value is -2.58. The highest BCUT2D eigenvalue weighted by atomic mass is 32.2. The van der Waals surface area contributed by atoms with Gasteiger partial charge in [-0.05, 0) is 56.2 Å². The molecule has 1 aliphatic rings. The summed E-state index contributed by atoms with van der Waals surface area (Å²) >= 11 is 0. The lowest BCUT2D eigenvalue weighted by Crippen LogP contribution is -2.38. The molecule has 0 aromatic heterocycles. The maximum absolute atomic E-state index is 12.9. The van der Waals surface area contributed by atoms with Gasteiger partial charge in [0.25, 0.3) is 5.91 Å². The number of hydrogen-bond acceptors (Lipinski definition) is 5. The van der Waals surface area contributed by atoms with Gasteiger partial charge in [0, 0.05) is 18.8 Å². The zero-order chi connectivity index (χ0) is 22.3. The van der Waals surface area contributed by atoms with E-state index >= 15 is 0 Å². The highest BCUT2D eigenvalue weighted by Crippen LogP contribution is 2.28. The molecule has 0 spiro atoms. The molecule has 2 aromatic rings. The third kappa shape index (κ3) is 5.98.